The number of ether oxygens (including phenoxy) is 1. The number of amides is 1. The summed E-state index contributed by atoms with van der Waals surface area (Å²) in [7, 11) is 1.54. The number of carbonyl (C=O) groups is 1. The van der Waals surface area contributed by atoms with Gasteiger partial charge in [0.2, 0.25) is 0 Å². The van der Waals surface area contributed by atoms with Gasteiger partial charge >= 0.3 is 6.18 Å². The van der Waals surface area contributed by atoms with E-state index in [9.17, 15) is 22.4 Å². The predicted molar refractivity (Wildman–Crippen MR) is 92.9 cm³/mol. The fourth-order valence-corrected chi connectivity index (χ4v) is 2.22. The molecule has 0 fully saturated rings. The maximum atomic E-state index is 13.5. The first kappa shape index (κ1) is 22.9. The van der Waals surface area contributed by atoms with Crippen molar-refractivity contribution in [2.75, 3.05) is 33.4 Å². The van der Waals surface area contributed by atoms with Crippen LogP contribution >= 0.6 is 12.4 Å². The summed E-state index contributed by atoms with van der Waals surface area (Å²) in [6.07, 6.45) is -3.96. The Morgan fingerprint density at radius 1 is 1.19 bits per heavy atom. The van der Waals surface area contributed by atoms with Crippen molar-refractivity contribution in [3.8, 4) is 5.69 Å². The number of hydrogen-bond acceptors (Lipinski definition) is 4. The molecule has 0 radical (unpaired) electrons. The average molecular weight is 411 g/mol. The third kappa shape index (κ3) is 6.19. The lowest BCUT2D eigenvalue weighted by Crippen LogP contribution is -2.34. The Hall–Kier alpha value is -2.17. The molecule has 27 heavy (non-hydrogen) atoms. The van der Waals surface area contributed by atoms with Crippen molar-refractivity contribution in [2.24, 2.45) is 0 Å². The highest BCUT2D eigenvalue weighted by Crippen LogP contribution is 2.33. The number of nitrogens with zero attached hydrogens (tertiary/aromatic N) is 2. The van der Waals surface area contributed by atoms with Gasteiger partial charge in [0, 0.05) is 26.7 Å². The lowest BCUT2D eigenvalue weighted by Gasteiger charge is -2.13. The van der Waals surface area contributed by atoms with E-state index < -0.39 is 29.2 Å². The Bertz CT molecular complexity index is 735. The van der Waals surface area contributed by atoms with Gasteiger partial charge in [-0.15, -0.1) is 12.4 Å². The van der Waals surface area contributed by atoms with Crippen LogP contribution in [0.5, 0.6) is 0 Å². The molecule has 2 rings (SSSR count). The van der Waals surface area contributed by atoms with Gasteiger partial charge in [0.05, 0.1) is 24.1 Å². The van der Waals surface area contributed by atoms with Gasteiger partial charge in [0.15, 0.2) is 5.69 Å². The van der Waals surface area contributed by atoms with Gasteiger partial charge in [-0.2, -0.15) is 18.3 Å². The molecule has 1 aromatic heterocycles. The first-order valence-electron chi connectivity index (χ1n) is 7.73. The molecule has 2 aromatic rings. The van der Waals surface area contributed by atoms with Gasteiger partial charge in [-0.05, 0) is 24.3 Å². The Kier molecular flexibility index (Phi) is 8.67. The standard InChI is InChI=1S/C16H18F4N4O2.ClH/c1-26-9-8-21-6-7-22-15(25)13-10-23-24(14(13)16(18,19)20)12-4-2-11(17)3-5-12;/h2-5,10,21H,6-9H2,1H3,(H,22,25);1H. The molecule has 0 saturated heterocycles. The molecule has 0 spiro atoms. The summed E-state index contributed by atoms with van der Waals surface area (Å²) in [5.41, 5.74) is -1.81. The molecular formula is C16H19ClF4N4O2. The topological polar surface area (TPSA) is 68.2 Å². The molecule has 2 N–H and O–H groups in total. The molecule has 0 unspecified atom stereocenters. The van der Waals surface area contributed by atoms with Crippen molar-refractivity contribution < 1.29 is 27.1 Å². The zero-order valence-corrected chi connectivity index (χ0v) is 15.2. The first-order valence-corrected chi connectivity index (χ1v) is 7.73. The Labute approximate surface area is 159 Å². The van der Waals surface area contributed by atoms with Crippen molar-refractivity contribution in [3.05, 3.63) is 47.5 Å². The van der Waals surface area contributed by atoms with E-state index in [1.54, 1.807) is 7.11 Å². The van der Waals surface area contributed by atoms with Crippen LogP contribution in [0, 0.1) is 5.82 Å². The van der Waals surface area contributed by atoms with E-state index in [1.807, 2.05) is 0 Å². The van der Waals surface area contributed by atoms with E-state index in [1.165, 1.54) is 0 Å². The van der Waals surface area contributed by atoms with Crippen molar-refractivity contribution in [2.45, 2.75) is 6.18 Å². The van der Waals surface area contributed by atoms with Gasteiger partial charge in [-0.25, -0.2) is 9.07 Å². The third-order valence-electron chi connectivity index (χ3n) is 3.42. The molecule has 0 bridgehead atoms. The van der Waals surface area contributed by atoms with E-state index in [-0.39, 0.29) is 24.6 Å². The Balaban J connectivity index is 0.00000364. The van der Waals surface area contributed by atoms with Gasteiger partial charge in [-0.1, -0.05) is 0 Å². The number of halogens is 5. The van der Waals surface area contributed by atoms with Crippen LogP contribution in [-0.4, -0.2) is 49.0 Å². The Morgan fingerprint density at radius 3 is 2.44 bits per heavy atom. The molecule has 1 heterocycles. The summed E-state index contributed by atoms with van der Waals surface area (Å²) in [5.74, 6) is -1.48. The summed E-state index contributed by atoms with van der Waals surface area (Å²) in [6.45, 7) is 1.56. The normalized spacial score (nSPS) is 11.1. The average Bonchev–Trinajstić information content (AvgIpc) is 3.04. The minimum atomic E-state index is -4.81. The maximum Gasteiger partial charge on any atom is 0.434 e. The van der Waals surface area contributed by atoms with Crippen LogP contribution < -0.4 is 10.6 Å². The number of aromatic nitrogens is 2. The van der Waals surface area contributed by atoms with Gasteiger partial charge < -0.3 is 15.4 Å². The minimum absolute atomic E-state index is 0. The van der Waals surface area contributed by atoms with E-state index in [0.717, 1.165) is 30.5 Å². The number of rotatable bonds is 8. The first-order chi connectivity index (χ1) is 12.3. The van der Waals surface area contributed by atoms with Crippen LogP contribution in [-0.2, 0) is 10.9 Å². The second-order valence-electron chi connectivity index (χ2n) is 5.29. The van der Waals surface area contributed by atoms with E-state index >= 15 is 0 Å². The van der Waals surface area contributed by atoms with Crippen LogP contribution in [0.2, 0.25) is 0 Å². The number of carbonyl (C=O) groups excluding carboxylic acids is 1. The highest BCUT2D eigenvalue weighted by atomic mass is 35.5. The molecule has 1 aromatic carbocycles. The molecule has 0 atom stereocenters. The lowest BCUT2D eigenvalue weighted by molar-refractivity contribution is -0.143. The van der Waals surface area contributed by atoms with Gasteiger partial charge in [0.25, 0.3) is 5.91 Å². The smallest absolute Gasteiger partial charge is 0.383 e. The quantitative estimate of drug-likeness (QED) is 0.518. The van der Waals surface area contributed by atoms with Crippen molar-refractivity contribution >= 4 is 18.3 Å². The number of hydrogen-bond donors (Lipinski definition) is 2. The van der Waals surface area contributed by atoms with Crippen LogP contribution in [0.1, 0.15) is 16.1 Å². The van der Waals surface area contributed by atoms with Crippen LogP contribution in [0.3, 0.4) is 0 Å². The highest BCUT2D eigenvalue weighted by Gasteiger charge is 2.40. The minimum Gasteiger partial charge on any atom is -0.383 e. The molecule has 1 amide bonds. The van der Waals surface area contributed by atoms with Crippen LogP contribution in [0.15, 0.2) is 30.5 Å². The summed E-state index contributed by atoms with van der Waals surface area (Å²) >= 11 is 0. The van der Waals surface area contributed by atoms with E-state index in [2.05, 4.69) is 15.7 Å². The van der Waals surface area contributed by atoms with E-state index in [0.29, 0.717) is 24.4 Å². The number of nitrogens with one attached hydrogen (secondary N) is 2. The molecular weight excluding hydrogens is 392 g/mol. The number of alkyl halides is 3. The molecule has 0 aliphatic carbocycles. The van der Waals surface area contributed by atoms with Crippen LogP contribution in [0.25, 0.3) is 5.69 Å². The fraction of sp³-hybridized carbons (Fsp3) is 0.375. The van der Waals surface area contributed by atoms with Gasteiger partial charge in [-0.3, -0.25) is 4.79 Å². The molecule has 6 nitrogen and oxygen atoms in total. The molecule has 150 valence electrons. The van der Waals surface area contributed by atoms with Crippen molar-refractivity contribution in [1.29, 1.82) is 0 Å². The Morgan fingerprint density at radius 2 is 1.85 bits per heavy atom. The zero-order chi connectivity index (χ0) is 19.2. The third-order valence-corrected chi connectivity index (χ3v) is 3.42. The zero-order valence-electron chi connectivity index (χ0n) is 14.3. The molecule has 0 saturated carbocycles. The summed E-state index contributed by atoms with van der Waals surface area (Å²) in [4.78, 5) is 12.1. The molecule has 0 aliphatic heterocycles. The number of methoxy groups -OCH3 is 1. The van der Waals surface area contributed by atoms with E-state index in [4.69, 9.17) is 4.74 Å². The van der Waals surface area contributed by atoms with Crippen molar-refractivity contribution in [1.82, 2.24) is 20.4 Å². The number of benzene rings is 1. The second kappa shape index (κ2) is 10.2. The SMILES string of the molecule is COCCNCCNC(=O)c1cnn(-c2ccc(F)cc2)c1C(F)(F)F.Cl. The molecule has 0 aliphatic rings. The maximum absolute atomic E-state index is 13.5. The highest BCUT2D eigenvalue weighted by molar-refractivity contribution is 5.95. The lowest BCUT2D eigenvalue weighted by atomic mass is 10.2. The predicted octanol–water partition coefficient (Wildman–Crippen LogP) is 2.42. The summed E-state index contributed by atoms with van der Waals surface area (Å²) < 4.78 is 58.8. The summed E-state index contributed by atoms with van der Waals surface area (Å²) in [5, 5.41) is 9.02. The van der Waals surface area contributed by atoms with Crippen molar-refractivity contribution in [3.63, 3.8) is 0 Å². The monoisotopic (exact) mass is 410 g/mol. The van der Waals surface area contributed by atoms with Gasteiger partial charge in [0.1, 0.15) is 5.82 Å². The summed E-state index contributed by atoms with van der Waals surface area (Å²) in [6, 6.07) is 4.34. The fourth-order valence-electron chi connectivity index (χ4n) is 2.22. The van der Waals surface area contributed by atoms with Crippen LogP contribution in [0.4, 0.5) is 17.6 Å². The largest absolute Gasteiger partial charge is 0.434 e. The second-order valence-corrected chi connectivity index (χ2v) is 5.29. The molecule has 11 heteroatoms.